The molecule has 4 rings (SSSR count). The molecule has 0 amide bonds. The summed E-state index contributed by atoms with van der Waals surface area (Å²) in [5, 5.41) is 0. The van der Waals surface area contributed by atoms with Crippen LogP contribution in [0, 0.1) is 6.92 Å². The molecule has 0 saturated carbocycles. The number of ketones is 1. The lowest BCUT2D eigenvalue weighted by Gasteiger charge is -2.20. The topological polar surface area (TPSA) is 102 Å². The first-order chi connectivity index (χ1) is 15.5. The van der Waals surface area contributed by atoms with E-state index in [1.165, 1.54) is 7.11 Å². The molecule has 8 nitrogen and oxygen atoms in total. The normalized spacial score (nSPS) is 15.8. The van der Waals surface area contributed by atoms with E-state index < -0.39 is 0 Å². The van der Waals surface area contributed by atoms with Crippen molar-refractivity contribution in [3.8, 4) is 28.7 Å². The number of fused-ring (bicyclic) bond motifs is 1. The van der Waals surface area contributed by atoms with Gasteiger partial charge < -0.3 is 29.4 Å². The van der Waals surface area contributed by atoms with Gasteiger partial charge >= 0.3 is 0 Å². The first-order valence-corrected chi connectivity index (χ1v) is 10.3. The molecule has 0 spiro atoms. The number of nitrogens with two attached hydrogens (primary N) is 1. The van der Waals surface area contributed by atoms with Crippen molar-refractivity contribution in [2.75, 3.05) is 28.1 Å². The molecule has 1 aliphatic carbocycles. The number of rotatable bonds is 6. The predicted molar refractivity (Wildman–Crippen MR) is 120 cm³/mol. The van der Waals surface area contributed by atoms with Gasteiger partial charge in [0, 0.05) is 29.8 Å². The Kier molecular flexibility index (Phi) is 5.94. The summed E-state index contributed by atoms with van der Waals surface area (Å²) in [7, 11) is 4.62. The van der Waals surface area contributed by atoms with E-state index in [0.29, 0.717) is 64.3 Å². The predicted octanol–water partition coefficient (Wildman–Crippen LogP) is 3.84. The number of allylic oxidation sites excluding steroid dienone is 2. The van der Waals surface area contributed by atoms with E-state index in [-0.39, 0.29) is 12.6 Å². The minimum absolute atomic E-state index is 0.0305. The Morgan fingerprint density at radius 2 is 1.62 bits per heavy atom. The summed E-state index contributed by atoms with van der Waals surface area (Å²) in [6, 6.07) is 7.19. The molecule has 0 aromatic heterocycles. The van der Waals surface area contributed by atoms with Crippen LogP contribution in [-0.2, 0) is 4.79 Å². The van der Waals surface area contributed by atoms with Crippen LogP contribution < -0.4 is 29.4 Å². The van der Waals surface area contributed by atoms with Gasteiger partial charge in [0.1, 0.15) is 0 Å². The number of hydrogen-bond acceptors (Lipinski definition) is 8. The number of ether oxygens (including phenoxy) is 5. The molecule has 32 heavy (non-hydrogen) atoms. The Hall–Kier alpha value is -3.68. The van der Waals surface area contributed by atoms with Gasteiger partial charge in [-0.2, -0.15) is 0 Å². The highest BCUT2D eigenvalue weighted by Gasteiger charge is 2.28. The summed E-state index contributed by atoms with van der Waals surface area (Å²) in [5.74, 6) is 2.62. The lowest BCUT2D eigenvalue weighted by Crippen LogP contribution is -2.24. The standard InChI is InChI=1S/C24H26N2O6/c1-13-8-18-19(32-12-31-18)11-15(13)23(22-16(25)6-5-7-17(22)27)26-14-9-20(28-2)24(30-4)21(10-14)29-3/h8-11H,5-7,12,25H2,1-4H3. The first-order valence-electron chi connectivity index (χ1n) is 10.3. The molecule has 2 aliphatic rings. The number of Topliss-reactive ketones (excluding diaryl/α,β-unsaturated/α-hetero) is 1. The van der Waals surface area contributed by atoms with Crippen molar-refractivity contribution < 1.29 is 28.5 Å². The van der Waals surface area contributed by atoms with Crippen LogP contribution in [-0.4, -0.2) is 39.6 Å². The van der Waals surface area contributed by atoms with Crippen molar-refractivity contribution >= 4 is 17.2 Å². The van der Waals surface area contributed by atoms with Crippen LogP contribution in [0.15, 0.2) is 40.5 Å². The third-order valence-corrected chi connectivity index (χ3v) is 5.55. The minimum atomic E-state index is -0.0305. The van der Waals surface area contributed by atoms with Crippen molar-refractivity contribution in [1.82, 2.24) is 0 Å². The van der Waals surface area contributed by atoms with E-state index in [0.717, 1.165) is 17.5 Å². The van der Waals surface area contributed by atoms with E-state index >= 15 is 0 Å². The van der Waals surface area contributed by atoms with E-state index in [1.54, 1.807) is 26.4 Å². The van der Waals surface area contributed by atoms with Crippen molar-refractivity contribution in [2.24, 2.45) is 10.7 Å². The smallest absolute Gasteiger partial charge is 0.231 e. The van der Waals surface area contributed by atoms with Crippen LogP contribution in [0.1, 0.15) is 30.4 Å². The average Bonchev–Trinajstić information content (AvgIpc) is 3.24. The van der Waals surface area contributed by atoms with E-state index in [2.05, 4.69) is 0 Å². The number of carbonyl (C=O) groups excluding carboxylic acids is 1. The van der Waals surface area contributed by atoms with Crippen LogP contribution in [0.4, 0.5) is 5.69 Å². The van der Waals surface area contributed by atoms with Gasteiger partial charge in [-0.1, -0.05) is 0 Å². The second kappa shape index (κ2) is 8.82. The molecule has 2 N–H and O–H groups in total. The fraction of sp³-hybridized carbons (Fsp3) is 0.333. The molecule has 0 atom stereocenters. The van der Waals surface area contributed by atoms with Crippen molar-refractivity contribution in [3.05, 3.63) is 46.7 Å². The molecule has 168 valence electrons. The van der Waals surface area contributed by atoms with E-state index in [1.807, 2.05) is 19.1 Å². The van der Waals surface area contributed by atoms with Crippen molar-refractivity contribution in [1.29, 1.82) is 0 Å². The van der Waals surface area contributed by atoms with E-state index in [9.17, 15) is 4.79 Å². The monoisotopic (exact) mass is 438 g/mol. The molecular weight excluding hydrogens is 412 g/mol. The Balaban J connectivity index is 1.96. The van der Waals surface area contributed by atoms with Gasteiger partial charge in [-0.15, -0.1) is 0 Å². The number of benzene rings is 2. The summed E-state index contributed by atoms with van der Waals surface area (Å²) in [6.45, 7) is 2.09. The molecule has 0 bridgehead atoms. The van der Waals surface area contributed by atoms with Gasteiger partial charge in [-0.25, -0.2) is 4.99 Å². The van der Waals surface area contributed by atoms with Crippen molar-refractivity contribution in [2.45, 2.75) is 26.2 Å². The van der Waals surface area contributed by atoms with Gasteiger partial charge in [0.05, 0.1) is 38.3 Å². The summed E-state index contributed by atoms with van der Waals surface area (Å²) in [6.07, 6.45) is 1.79. The molecular formula is C24H26N2O6. The average molecular weight is 438 g/mol. The number of aliphatic imine (C=N–C) groups is 1. The second-order valence-electron chi connectivity index (χ2n) is 7.54. The molecule has 0 fully saturated rings. The maximum atomic E-state index is 13.0. The highest BCUT2D eigenvalue weighted by Crippen LogP contribution is 2.42. The lowest BCUT2D eigenvalue weighted by molar-refractivity contribution is -0.115. The third-order valence-electron chi connectivity index (χ3n) is 5.55. The Bertz CT molecular complexity index is 1110. The van der Waals surface area contributed by atoms with Gasteiger partial charge in [-0.05, 0) is 37.5 Å². The molecule has 1 heterocycles. The Labute approximate surface area is 186 Å². The first kappa shape index (κ1) is 21.5. The zero-order valence-corrected chi connectivity index (χ0v) is 18.6. The Morgan fingerprint density at radius 3 is 2.22 bits per heavy atom. The zero-order chi connectivity index (χ0) is 22.8. The molecule has 2 aromatic rings. The van der Waals surface area contributed by atoms with E-state index in [4.69, 9.17) is 34.4 Å². The number of carbonyl (C=O) groups is 1. The summed E-state index contributed by atoms with van der Waals surface area (Å²) in [4.78, 5) is 17.8. The number of nitrogens with zero attached hydrogens (tertiary/aromatic N) is 1. The van der Waals surface area contributed by atoms with Crippen molar-refractivity contribution in [3.63, 3.8) is 0 Å². The van der Waals surface area contributed by atoms with Crippen LogP contribution >= 0.6 is 0 Å². The van der Waals surface area contributed by atoms with Gasteiger partial charge in [0.15, 0.2) is 28.8 Å². The Morgan fingerprint density at radius 1 is 0.969 bits per heavy atom. The molecule has 8 heteroatoms. The molecule has 2 aromatic carbocycles. The number of methoxy groups -OCH3 is 3. The highest BCUT2D eigenvalue weighted by molar-refractivity contribution is 6.30. The van der Waals surface area contributed by atoms with Crippen LogP contribution in [0.2, 0.25) is 0 Å². The molecule has 0 unspecified atom stereocenters. The lowest BCUT2D eigenvalue weighted by atomic mass is 9.87. The fourth-order valence-corrected chi connectivity index (χ4v) is 3.96. The molecule has 1 aliphatic heterocycles. The van der Waals surface area contributed by atoms with Crippen LogP contribution in [0.5, 0.6) is 28.7 Å². The van der Waals surface area contributed by atoms with Gasteiger partial charge in [0.25, 0.3) is 0 Å². The minimum Gasteiger partial charge on any atom is -0.493 e. The molecule has 0 radical (unpaired) electrons. The summed E-state index contributed by atoms with van der Waals surface area (Å²) < 4.78 is 27.4. The van der Waals surface area contributed by atoms with Crippen LogP contribution in [0.25, 0.3) is 0 Å². The highest BCUT2D eigenvalue weighted by atomic mass is 16.7. The van der Waals surface area contributed by atoms with Crippen LogP contribution in [0.3, 0.4) is 0 Å². The number of aryl methyl sites for hydroxylation is 1. The summed E-state index contributed by atoms with van der Waals surface area (Å²) in [5.41, 5.74) is 9.95. The maximum absolute atomic E-state index is 13.0. The quantitative estimate of drug-likeness (QED) is 0.684. The SMILES string of the molecule is COc1cc(N=C(C2=C(N)CCCC2=O)c2cc3c(cc2C)OCO3)cc(OC)c1OC. The largest absolute Gasteiger partial charge is 0.493 e. The fourth-order valence-electron chi connectivity index (χ4n) is 3.96. The van der Waals surface area contributed by atoms with Gasteiger partial charge in [-0.3, -0.25) is 4.79 Å². The second-order valence-corrected chi connectivity index (χ2v) is 7.54. The number of hydrogen-bond donors (Lipinski definition) is 1. The van der Waals surface area contributed by atoms with Gasteiger partial charge in [0.2, 0.25) is 12.5 Å². The molecule has 0 saturated heterocycles. The third kappa shape index (κ3) is 3.84. The maximum Gasteiger partial charge on any atom is 0.231 e. The summed E-state index contributed by atoms with van der Waals surface area (Å²) >= 11 is 0. The zero-order valence-electron chi connectivity index (χ0n) is 18.6.